The van der Waals surface area contributed by atoms with Crippen molar-refractivity contribution in [3.05, 3.63) is 0 Å². The summed E-state index contributed by atoms with van der Waals surface area (Å²) in [5.74, 6) is -0.126. The van der Waals surface area contributed by atoms with Crippen LogP contribution in [0.15, 0.2) is 0 Å². The number of aliphatic hydroxyl groups is 1. The van der Waals surface area contributed by atoms with Gasteiger partial charge in [-0.15, -0.1) is 0 Å². The van der Waals surface area contributed by atoms with E-state index in [1.54, 1.807) is 0 Å². The molecular formula is C12H24O3. The first-order chi connectivity index (χ1) is 7.31. The van der Waals surface area contributed by atoms with Gasteiger partial charge < -0.3 is 9.84 Å². The van der Waals surface area contributed by atoms with E-state index in [-0.39, 0.29) is 12.6 Å². The van der Waals surface area contributed by atoms with Crippen LogP contribution >= 0.6 is 0 Å². The van der Waals surface area contributed by atoms with Crippen molar-refractivity contribution in [1.29, 1.82) is 0 Å². The lowest BCUT2D eigenvalue weighted by Gasteiger charge is -2.04. The Morgan fingerprint density at radius 1 is 1.07 bits per heavy atom. The molecule has 0 saturated carbocycles. The molecule has 0 radical (unpaired) electrons. The average Bonchev–Trinajstić information content (AvgIpc) is 2.23. The maximum absolute atomic E-state index is 11.1. The van der Waals surface area contributed by atoms with E-state index < -0.39 is 0 Å². The van der Waals surface area contributed by atoms with Crippen molar-refractivity contribution in [1.82, 2.24) is 0 Å². The fourth-order valence-corrected chi connectivity index (χ4v) is 1.34. The summed E-state index contributed by atoms with van der Waals surface area (Å²) in [7, 11) is 0. The first kappa shape index (κ1) is 14.4. The molecular weight excluding hydrogens is 192 g/mol. The quantitative estimate of drug-likeness (QED) is 0.451. The molecule has 0 fully saturated rings. The summed E-state index contributed by atoms with van der Waals surface area (Å²) in [6.45, 7) is 2.90. The Balaban J connectivity index is 3.10. The van der Waals surface area contributed by atoms with Crippen LogP contribution < -0.4 is 0 Å². The van der Waals surface area contributed by atoms with E-state index in [9.17, 15) is 4.79 Å². The fourth-order valence-electron chi connectivity index (χ4n) is 1.34. The second kappa shape index (κ2) is 11.5. The van der Waals surface area contributed by atoms with Crippen LogP contribution in [0.4, 0.5) is 0 Å². The third kappa shape index (κ3) is 11.4. The Hall–Kier alpha value is -0.570. The lowest BCUT2D eigenvalue weighted by atomic mass is 10.2. The molecule has 0 aliphatic rings. The van der Waals surface area contributed by atoms with Gasteiger partial charge >= 0.3 is 5.97 Å². The number of hydrogen-bond donors (Lipinski definition) is 1. The number of unbranched alkanes of at least 4 members (excludes halogenated alkanes) is 5. The van der Waals surface area contributed by atoms with Crippen LogP contribution in [0.2, 0.25) is 0 Å². The molecule has 0 aromatic rings. The largest absolute Gasteiger partial charge is 0.466 e. The standard InChI is InChI=1S/C12H24O3/c1-2-3-4-5-8-11-15-12(14)9-6-7-10-13/h13H,2-11H2,1H3. The van der Waals surface area contributed by atoms with Gasteiger partial charge in [-0.05, 0) is 19.3 Å². The summed E-state index contributed by atoms with van der Waals surface area (Å²) in [4.78, 5) is 11.1. The summed E-state index contributed by atoms with van der Waals surface area (Å²) >= 11 is 0. The van der Waals surface area contributed by atoms with E-state index in [0.29, 0.717) is 19.4 Å². The molecule has 0 atom stereocenters. The summed E-state index contributed by atoms with van der Waals surface area (Å²) in [5.41, 5.74) is 0. The smallest absolute Gasteiger partial charge is 0.305 e. The van der Waals surface area contributed by atoms with Crippen molar-refractivity contribution in [2.24, 2.45) is 0 Å². The van der Waals surface area contributed by atoms with Gasteiger partial charge in [0, 0.05) is 13.0 Å². The highest BCUT2D eigenvalue weighted by molar-refractivity contribution is 5.69. The Kier molecular flexibility index (Phi) is 11.1. The van der Waals surface area contributed by atoms with Gasteiger partial charge in [-0.25, -0.2) is 0 Å². The minimum Gasteiger partial charge on any atom is -0.466 e. The van der Waals surface area contributed by atoms with Crippen LogP contribution in [-0.4, -0.2) is 24.3 Å². The number of rotatable bonds is 10. The molecule has 0 aromatic carbocycles. The number of carbonyl (C=O) groups is 1. The number of esters is 1. The summed E-state index contributed by atoms with van der Waals surface area (Å²) in [6.07, 6.45) is 7.72. The molecule has 0 aliphatic heterocycles. The van der Waals surface area contributed by atoms with Crippen molar-refractivity contribution in [3.8, 4) is 0 Å². The minimum atomic E-state index is -0.126. The SMILES string of the molecule is CCCCCCCOC(=O)CCCCO. The van der Waals surface area contributed by atoms with Crippen LogP contribution in [0.3, 0.4) is 0 Å². The van der Waals surface area contributed by atoms with E-state index in [1.807, 2.05) is 0 Å². The molecule has 15 heavy (non-hydrogen) atoms. The molecule has 0 heterocycles. The van der Waals surface area contributed by atoms with E-state index in [4.69, 9.17) is 9.84 Å². The number of hydrogen-bond acceptors (Lipinski definition) is 3. The fraction of sp³-hybridized carbons (Fsp3) is 0.917. The molecule has 3 nitrogen and oxygen atoms in total. The number of aliphatic hydroxyl groups excluding tert-OH is 1. The molecule has 0 unspecified atom stereocenters. The zero-order chi connectivity index (χ0) is 11.4. The highest BCUT2D eigenvalue weighted by Crippen LogP contribution is 2.03. The van der Waals surface area contributed by atoms with Gasteiger partial charge in [0.25, 0.3) is 0 Å². The average molecular weight is 216 g/mol. The predicted molar refractivity (Wildman–Crippen MR) is 60.7 cm³/mol. The van der Waals surface area contributed by atoms with Gasteiger partial charge in [-0.1, -0.05) is 32.6 Å². The monoisotopic (exact) mass is 216 g/mol. The van der Waals surface area contributed by atoms with E-state index in [1.165, 1.54) is 19.3 Å². The van der Waals surface area contributed by atoms with Crippen LogP contribution in [0.25, 0.3) is 0 Å². The summed E-state index contributed by atoms with van der Waals surface area (Å²) in [6, 6.07) is 0. The van der Waals surface area contributed by atoms with Gasteiger partial charge in [-0.2, -0.15) is 0 Å². The Morgan fingerprint density at radius 2 is 1.80 bits per heavy atom. The lowest BCUT2D eigenvalue weighted by molar-refractivity contribution is -0.143. The zero-order valence-corrected chi connectivity index (χ0v) is 9.83. The molecule has 0 amide bonds. The first-order valence-corrected chi connectivity index (χ1v) is 6.07. The first-order valence-electron chi connectivity index (χ1n) is 6.07. The summed E-state index contributed by atoms with van der Waals surface area (Å²) < 4.78 is 5.05. The van der Waals surface area contributed by atoms with Crippen molar-refractivity contribution in [2.45, 2.75) is 58.3 Å². The van der Waals surface area contributed by atoms with Crippen LogP contribution in [-0.2, 0) is 9.53 Å². The highest BCUT2D eigenvalue weighted by Gasteiger charge is 2.01. The normalized spacial score (nSPS) is 10.3. The van der Waals surface area contributed by atoms with Gasteiger partial charge in [0.15, 0.2) is 0 Å². The molecule has 0 aromatic heterocycles. The molecule has 90 valence electrons. The molecule has 0 aliphatic carbocycles. The third-order valence-electron chi connectivity index (χ3n) is 2.30. The van der Waals surface area contributed by atoms with Gasteiger partial charge in [0.2, 0.25) is 0 Å². The van der Waals surface area contributed by atoms with E-state index >= 15 is 0 Å². The van der Waals surface area contributed by atoms with Crippen molar-refractivity contribution >= 4 is 5.97 Å². The molecule has 0 saturated heterocycles. The molecule has 0 bridgehead atoms. The maximum atomic E-state index is 11.1. The lowest BCUT2D eigenvalue weighted by Crippen LogP contribution is -2.05. The van der Waals surface area contributed by atoms with Crippen LogP contribution in [0, 0.1) is 0 Å². The van der Waals surface area contributed by atoms with Gasteiger partial charge in [0.1, 0.15) is 0 Å². The van der Waals surface area contributed by atoms with Crippen molar-refractivity contribution in [3.63, 3.8) is 0 Å². The second-order valence-corrected chi connectivity index (χ2v) is 3.82. The van der Waals surface area contributed by atoms with Crippen molar-refractivity contribution in [2.75, 3.05) is 13.2 Å². The highest BCUT2D eigenvalue weighted by atomic mass is 16.5. The third-order valence-corrected chi connectivity index (χ3v) is 2.30. The van der Waals surface area contributed by atoms with E-state index in [0.717, 1.165) is 19.3 Å². The van der Waals surface area contributed by atoms with Crippen molar-refractivity contribution < 1.29 is 14.6 Å². The molecule has 1 N–H and O–H groups in total. The Labute approximate surface area is 92.8 Å². The van der Waals surface area contributed by atoms with Crippen LogP contribution in [0.1, 0.15) is 58.3 Å². The minimum absolute atomic E-state index is 0.126. The predicted octanol–water partition coefficient (Wildman–Crippen LogP) is 2.66. The Bertz CT molecular complexity index is 146. The molecule has 3 heteroatoms. The number of carbonyl (C=O) groups excluding carboxylic acids is 1. The Morgan fingerprint density at radius 3 is 2.47 bits per heavy atom. The summed E-state index contributed by atoms with van der Waals surface area (Å²) in [5, 5.41) is 8.52. The molecule has 0 spiro atoms. The maximum Gasteiger partial charge on any atom is 0.305 e. The topological polar surface area (TPSA) is 46.5 Å². The number of ether oxygens (including phenoxy) is 1. The second-order valence-electron chi connectivity index (χ2n) is 3.82. The molecule has 0 rings (SSSR count). The van der Waals surface area contributed by atoms with Crippen LogP contribution in [0.5, 0.6) is 0 Å². The van der Waals surface area contributed by atoms with Gasteiger partial charge in [0.05, 0.1) is 6.61 Å². The van der Waals surface area contributed by atoms with Gasteiger partial charge in [-0.3, -0.25) is 4.79 Å². The zero-order valence-electron chi connectivity index (χ0n) is 9.83. The van der Waals surface area contributed by atoms with E-state index in [2.05, 4.69) is 6.92 Å².